The van der Waals surface area contributed by atoms with Gasteiger partial charge in [-0.15, -0.1) is 0 Å². The highest BCUT2D eigenvalue weighted by atomic mass is 16.6. The maximum Gasteiger partial charge on any atom is 0.306 e. The largest absolute Gasteiger partial charge is 0.462 e. The monoisotopic (exact) mass is 1070 g/mol. The molecule has 77 heavy (non-hydrogen) atoms. The first-order chi connectivity index (χ1) is 38.0. The summed E-state index contributed by atoms with van der Waals surface area (Å²) in [7, 11) is 0. The molecule has 6 heteroatoms. The van der Waals surface area contributed by atoms with Crippen LogP contribution in [0.25, 0.3) is 0 Å². The maximum absolute atomic E-state index is 12.9. The van der Waals surface area contributed by atoms with Gasteiger partial charge in [0.2, 0.25) is 0 Å². The summed E-state index contributed by atoms with van der Waals surface area (Å²) in [5, 5.41) is 0. The van der Waals surface area contributed by atoms with Gasteiger partial charge in [0, 0.05) is 19.3 Å². The molecule has 6 nitrogen and oxygen atoms in total. The van der Waals surface area contributed by atoms with Gasteiger partial charge in [-0.05, 0) is 122 Å². The predicted molar refractivity (Wildman–Crippen MR) is 334 cm³/mol. The van der Waals surface area contributed by atoms with E-state index in [1.54, 1.807) is 0 Å². The topological polar surface area (TPSA) is 78.9 Å². The van der Waals surface area contributed by atoms with Crippen molar-refractivity contribution in [3.8, 4) is 0 Å². The molecule has 1 unspecified atom stereocenters. The van der Waals surface area contributed by atoms with Crippen LogP contribution < -0.4 is 0 Å². The van der Waals surface area contributed by atoms with E-state index in [1.165, 1.54) is 154 Å². The minimum atomic E-state index is -0.792. The minimum absolute atomic E-state index is 0.0868. The van der Waals surface area contributed by atoms with E-state index in [2.05, 4.69) is 118 Å². The van der Waals surface area contributed by atoms with Crippen LogP contribution in [0.5, 0.6) is 0 Å². The first kappa shape index (κ1) is 73.3. The van der Waals surface area contributed by atoms with Crippen molar-refractivity contribution in [1.82, 2.24) is 0 Å². The molecule has 0 aromatic carbocycles. The van der Waals surface area contributed by atoms with Crippen molar-refractivity contribution < 1.29 is 28.6 Å². The van der Waals surface area contributed by atoms with Crippen LogP contribution in [0.4, 0.5) is 0 Å². The summed E-state index contributed by atoms with van der Waals surface area (Å²) in [5.74, 6) is -0.904. The third-order valence-corrected chi connectivity index (χ3v) is 14.0. The third kappa shape index (κ3) is 63.0. The Hall–Kier alpha value is -3.67. The molecule has 0 aliphatic heterocycles. The molecule has 0 radical (unpaired) electrons. The third-order valence-electron chi connectivity index (χ3n) is 14.0. The van der Waals surface area contributed by atoms with E-state index in [0.717, 1.165) is 122 Å². The van der Waals surface area contributed by atoms with Gasteiger partial charge in [0.15, 0.2) is 6.10 Å². The van der Waals surface area contributed by atoms with Crippen LogP contribution in [-0.4, -0.2) is 37.2 Å². The summed E-state index contributed by atoms with van der Waals surface area (Å²) in [6.07, 6.45) is 87.0. The Morgan fingerprint density at radius 3 is 0.818 bits per heavy atom. The SMILES string of the molecule is CC/C=C\C/C=C\C/C=C\CCCCCCCC(=O)OCC(COC(=O)CCCCCCCCCCCCCC/C=C\C/C=C\C/C=C\CCCCCCC)OC(=O)CCCCCCCCC/C=C\C/C=C\CCCCC. The second kappa shape index (κ2) is 64.9. The fourth-order valence-corrected chi connectivity index (χ4v) is 9.14. The van der Waals surface area contributed by atoms with Crippen molar-refractivity contribution >= 4 is 17.9 Å². The summed E-state index contributed by atoms with van der Waals surface area (Å²) in [6.45, 7) is 6.49. The van der Waals surface area contributed by atoms with E-state index in [-0.39, 0.29) is 31.1 Å². The summed E-state index contributed by atoms with van der Waals surface area (Å²) in [4.78, 5) is 38.3. The fourth-order valence-electron chi connectivity index (χ4n) is 9.14. The number of hydrogen-bond donors (Lipinski definition) is 0. The number of ether oxygens (including phenoxy) is 3. The number of unbranched alkanes of at least 4 members (excludes halogenated alkanes) is 32. The van der Waals surface area contributed by atoms with Crippen molar-refractivity contribution in [3.63, 3.8) is 0 Å². The fraction of sp³-hybridized carbons (Fsp3) is 0.732. The van der Waals surface area contributed by atoms with E-state index in [4.69, 9.17) is 14.2 Å². The Kier molecular flexibility index (Phi) is 61.8. The lowest BCUT2D eigenvalue weighted by atomic mass is 10.0. The lowest BCUT2D eigenvalue weighted by molar-refractivity contribution is -0.167. The summed E-state index contributed by atoms with van der Waals surface area (Å²) in [6, 6.07) is 0. The number of esters is 3. The van der Waals surface area contributed by atoms with Crippen molar-refractivity contribution in [3.05, 3.63) is 97.2 Å². The normalized spacial score (nSPS) is 12.7. The molecule has 0 rings (SSSR count). The van der Waals surface area contributed by atoms with E-state index in [9.17, 15) is 14.4 Å². The number of carbonyl (C=O) groups excluding carboxylic acids is 3. The Balaban J connectivity index is 4.32. The first-order valence-corrected chi connectivity index (χ1v) is 32.7. The lowest BCUT2D eigenvalue weighted by Crippen LogP contribution is -2.30. The molecule has 0 aromatic heterocycles. The minimum Gasteiger partial charge on any atom is -0.462 e. The molecule has 442 valence electrons. The van der Waals surface area contributed by atoms with Crippen LogP contribution in [0.3, 0.4) is 0 Å². The molecule has 0 aliphatic rings. The van der Waals surface area contributed by atoms with E-state index in [0.29, 0.717) is 19.3 Å². The molecule has 0 bridgehead atoms. The van der Waals surface area contributed by atoms with Crippen LogP contribution in [0.1, 0.15) is 316 Å². The van der Waals surface area contributed by atoms with Gasteiger partial charge >= 0.3 is 17.9 Å². The Morgan fingerprint density at radius 1 is 0.273 bits per heavy atom. The van der Waals surface area contributed by atoms with Crippen LogP contribution in [0.2, 0.25) is 0 Å². The van der Waals surface area contributed by atoms with Crippen molar-refractivity contribution in [2.75, 3.05) is 13.2 Å². The van der Waals surface area contributed by atoms with Crippen molar-refractivity contribution in [2.24, 2.45) is 0 Å². The number of hydrogen-bond acceptors (Lipinski definition) is 6. The van der Waals surface area contributed by atoms with Gasteiger partial charge < -0.3 is 14.2 Å². The van der Waals surface area contributed by atoms with E-state index in [1.807, 2.05) is 0 Å². The molecule has 0 fully saturated rings. The zero-order valence-corrected chi connectivity index (χ0v) is 50.7. The highest BCUT2D eigenvalue weighted by Crippen LogP contribution is 2.16. The zero-order chi connectivity index (χ0) is 55.7. The standard InChI is InChI=1S/C71H122O6/c1-4-7-10-13-16-19-22-25-28-30-31-32-33-34-35-36-37-38-39-41-43-46-49-52-55-58-61-64-70(73)76-67-68(66-75-69(72)63-60-57-54-51-48-45-42-27-24-21-18-15-12-9-6-3)77-71(74)65-62-59-56-53-50-47-44-40-29-26-23-20-17-14-11-8-5-2/h9,12,17-18,20-22,25-27,29-31,33-34,42,68H,4-8,10-11,13-16,19,23-24,28,32,35-41,43-67H2,1-3H3/b12-9-,20-17-,21-18-,25-22-,29-26-,31-30-,34-33-,42-27-. The van der Waals surface area contributed by atoms with Gasteiger partial charge in [-0.3, -0.25) is 14.4 Å². The number of carbonyl (C=O) groups is 3. The molecule has 0 aliphatic carbocycles. The number of allylic oxidation sites excluding steroid dienone is 16. The molecule has 0 saturated carbocycles. The molecule has 0 heterocycles. The highest BCUT2D eigenvalue weighted by Gasteiger charge is 2.19. The van der Waals surface area contributed by atoms with Crippen molar-refractivity contribution in [1.29, 1.82) is 0 Å². The van der Waals surface area contributed by atoms with Gasteiger partial charge in [0.25, 0.3) is 0 Å². The summed E-state index contributed by atoms with van der Waals surface area (Å²) < 4.78 is 16.9. The smallest absolute Gasteiger partial charge is 0.306 e. The van der Waals surface area contributed by atoms with Gasteiger partial charge in [-0.25, -0.2) is 0 Å². The van der Waals surface area contributed by atoms with Crippen LogP contribution >= 0.6 is 0 Å². The molecule has 0 amide bonds. The first-order valence-electron chi connectivity index (χ1n) is 32.7. The second-order valence-corrected chi connectivity index (χ2v) is 21.6. The van der Waals surface area contributed by atoms with Crippen molar-refractivity contribution in [2.45, 2.75) is 322 Å². The molecule has 0 aromatic rings. The Labute approximate surface area is 477 Å². The second-order valence-electron chi connectivity index (χ2n) is 21.6. The van der Waals surface area contributed by atoms with Crippen LogP contribution in [0, 0.1) is 0 Å². The number of rotatable bonds is 59. The molecular formula is C71H122O6. The van der Waals surface area contributed by atoms with Crippen LogP contribution in [-0.2, 0) is 28.6 Å². The van der Waals surface area contributed by atoms with Gasteiger partial charge in [-0.2, -0.15) is 0 Å². The molecule has 0 N–H and O–H groups in total. The van der Waals surface area contributed by atoms with Gasteiger partial charge in [-0.1, -0.05) is 272 Å². The maximum atomic E-state index is 12.9. The van der Waals surface area contributed by atoms with Gasteiger partial charge in [0.05, 0.1) is 0 Å². The van der Waals surface area contributed by atoms with Gasteiger partial charge in [0.1, 0.15) is 13.2 Å². The lowest BCUT2D eigenvalue weighted by Gasteiger charge is -2.18. The van der Waals surface area contributed by atoms with E-state index >= 15 is 0 Å². The highest BCUT2D eigenvalue weighted by molar-refractivity contribution is 5.71. The Bertz CT molecular complexity index is 1510. The average molecular weight is 1070 g/mol. The average Bonchev–Trinajstić information content (AvgIpc) is 3.43. The predicted octanol–water partition coefficient (Wildman–Crippen LogP) is 22.4. The summed E-state index contributed by atoms with van der Waals surface area (Å²) >= 11 is 0. The molecule has 1 atom stereocenters. The van der Waals surface area contributed by atoms with E-state index < -0.39 is 6.10 Å². The molecule has 0 saturated heterocycles. The summed E-state index contributed by atoms with van der Waals surface area (Å²) in [5.41, 5.74) is 0. The Morgan fingerprint density at radius 2 is 0.506 bits per heavy atom. The molecular weight excluding hydrogens is 949 g/mol. The zero-order valence-electron chi connectivity index (χ0n) is 50.7. The molecule has 0 spiro atoms. The quantitative estimate of drug-likeness (QED) is 0.0261. The van der Waals surface area contributed by atoms with Crippen LogP contribution in [0.15, 0.2) is 97.2 Å².